The van der Waals surface area contributed by atoms with Gasteiger partial charge in [0.05, 0.1) is 23.7 Å². The number of nitrogens with one attached hydrogen (secondary N) is 1. The molecule has 17 heavy (non-hydrogen) atoms. The van der Waals surface area contributed by atoms with Crippen LogP contribution in [0.15, 0.2) is 5.38 Å². The number of carbonyl (C=O) groups excluding carboxylic acids is 1. The van der Waals surface area contributed by atoms with Crippen molar-refractivity contribution >= 4 is 23.3 Å². The Bertz CT molecular complexity index is 405. The summed E-state index contributed by atoms with van der Waals surface area (Å²) in [6.45, 7) is 2.45. The van der Waals surface area contributed by atoms with E-state index in [-0.39, 0.29) is 19.0 Å². The number of hydrogen-bond donors (Lipinski definition) is 2. The molecule has 0 aromatic carbocycles. The second-order valence-corrected chi connectivity index (χ2v) is 4.64. The van der Waals surface area contributed by atoms with Crippen molar-refractivity contribution in [2.75, 3.05) is 13.6 Å². The predicted molar refractivity (Wildman–Crippen MR) is 64.0 cm³/mol. The maximum Gasteiger partial charge on any atom is 0.317 e. The first-order valence-corrected chi connectivity index (χ1v) is 5.98. The van der Waals surface area contributed by atoms with Crippen LogP contribution >= 0.6 is 11.3 Å². The van der Waals surface area contributed by atoms with Crippen molar-refractivity contribution in [1.29, 1.82) is 0 Å². The minimum atomic E-state index is -0.917. The molecule has 1 aromatic rings. The molecule has 94 valence electrons. The van der Waals surface area contributed by atoms with Crippen LogP contribution in [0.5, 0.6) is 0 Å². The van der Waals surface area contributed by atoms with Crippen molar-refractivity contribution in [3.63, 3.8) is 0 Å². The Morgan fingerprint density at radius 3 is 2.82 bits per heavy atom. The maximum atomic E-state index is 11.5. The predicted octanol–water partition coefficient (Wildman–Crippen LogP) is 1.07. The van der Waals surface area contributed by atoms with E-state index < -0.39 is 5.97 Å². The lowest BCUT2D eigenvalue weighted by molar-refractivity contribution is -0.137. The molecule has 1 heterocycles. The molecular formula is C10H15N3O3S. The topological polar surface area (TPSA) is 82.5 Å². The van der Waals surface area contributed by atoms with Crippen molar-refractivity contribution in [2.24, 2.45) is 0 Å². The van der Waals surface area contributed by atoms with Crippen LogP contribution in [0.25, 0.3) is 0 Å². The Morgan fingerprint density at radius 2 is 2.29 bits per heavy atom. The number of carboxylic acids is 1. The molecule has 0 fully saturated rings. The first-order valence-electron chi connectivity index (χ1n) is 5.11. The second kappa shape index (κ2) is 6.19. The quantitative estimate of drug-likeness (QED) is 0.826. The van der Waals surface area contributed by atoms with E-state index in [1.54, 1.807) is 7.05 Å². The highest BCUT2D eigenvalue weighted by Gasteiger charge is 2.10. The van der Waals surface area contributed by atoms with Crippen LogP contribution < -0.4 is 5.32 Å². The molecule has 0 atom stereocenters. The molecule has 0 aliphatic heterocycles. The number of urea groups is 1. The zero-order chi connectivity index (χ0) is 12.8. The lowest BCUT2D eigenvalue weighted by atomic mass is 10.4. The summed E-state index contributed by atoms with van der Waals surface area (Å²) in [6, 6.07) is -0.295. The minimum Gasteiger partial charge on any atom is -0.481 e. The summed E-state index contributed by atoms with van der Waals surface area (Å²) in [5.74, 6) is -0.917. The summed E-state index contributed by atoms with van der Waals surface area (Å²) in [5.41, 5.74) is 0.812. The summed E-state index contributed by atoms with van der Waals surface area (Å²) < 4.78 is 0. The fourth-order valence-electron chi connectivity index (χ4n) is 1.16. The largest absolute Gasteiger partial charge is 0.481 e. The number of aryl methyl sites for hydroxylation is 1. The van der Waals surface area contributed by atoms with Crippen LogP contribution in [0.1, 0.15) is 17.1 Å². The molecule has 0 aliphatic rings. The van der Waals surface area contributed by atoms with Gasteiger partial charge in [-0.15, -0.1) is 11.3 Å². The van der Waals surface area contributed by atoms with Crippen molar-refractivity contribution in [3.8, 4) is 0 Å². The normalized spacial score (nSPS) is 10.0. The lowest BCUT2D eigenvalue weighted by Crippen LogP contribution is -2.38. The van der Waals surface area contributed by atoms with Gasteiger partial charge in [0.15, 0.2) is 0 Å². The molecule has 0 bridgehead atoms. The Morgan fingerprint density at radius 1 is 1.59 bits per heavy atom. The SMILES string of the molecule is Cc1nc(CNC(=O)N(C)CCC(=O)O)cs1. The third-order valence-corrected chi connectivity index (χ3v) is 2.92. The van der Waals surface area contributed by atoms with Gasteiger partial charge in [-0.1, -0.05) is 0 Å². The highest BCUT2D eigenvalue weighted by molar-refractivity contribution is 7.09. The number of hydrogen-bond acceptors (Lipinski definition) is 4. The van der Waals surface area contributed by atoms with E-state index >= 15 is 0 Å². The average molecular weight is 257 g/mol. The molecule has 7 heteroatoms. The van der Waals surface area contributed by atoms with Gasteiger partial charge in [0.2, 0.25) is 0 Å². The molecule has 0 radical (unpaired) electrons. The number of carbonyl (C=O) groups is 2. The van der Waals surface area contributed by atoms with E-state index in [9.17, 15) is 9.59 Å². The van der Waals surface area contributed by atoms with E-state index in [1.807, 2.05) is 12.3 Å². The molecule has 2 N–H and O–H groups in total. The van der Waals surface area contributed by atoms with Gasteiger partial charge >= 0.3 is 12.0 Å². The third-order valence-electron chi connectivity index (χ3n) is 2.10. The van der Waals surface area contributed by atoms with E-state index in [2.05, 4.69) is 10.3 Å². The van der Waals surface area contributed by atoms with Crippen LogP contribution in [0.4, 0.5) is 4.79 Å². The average Bonchev–Trinajstić information content (AvgIpc) is 2.68. The number of nitrogens with zero attached hydrogens (tertiary/aromatic N) is 2. The standard InChI is InChI=1S/C10H15N3O3S/c1-7-12-8(6-17-7)5-11-10(16)13(2)4-3-9(14)15/h6H,3-5H2,1-2H3,(H,11,16)(H,14,15). The molecular weight excluding hydrogens is 242 g/mol. The van der Waals surface area contributed by atoms with Crippen LogP contribution in [0.2, 0.25) is 0 Å². The number of rotatable bonds is 5. The lowest BCUT2D eigenvalue weighted by Gasteiger charge is -2.16. The minimum absolute atomic E-state index is 0.0558. The van der Waals surface area contributed by atoms with Crippen molar-refractivity contribution in [3.05, 3.63) is 16.1 Å². The fourth-order valence-corrected chi connectivity index (χ4v) is 1.77. The second-order valence-electron chi connectivity index (χ2n) is 3.58. The monoisotopic (exact) mass is 257 g/mol. The summed E-state index contributed by atoms with van der Waals surface area (Å²) in [5, 5.41) is 14.0. The summed E-state index contributed by atoms with van der Waals surface area (Å²) >= 11 is 1.52. The van der Waals surface area contributed by atoms with Gasteiger partial charge in [0, 0.05) is 19.0 Å². The van der Waals surface area contributed by atoms with Crippen molar-refractivity contribution in [1.82, 2.24) is 15.2 Å². The third kappa shape index (κ3) is 4.81. The molecule has 0 aliphatic carbocycles. The molecule has 0 unspecified atom stereocenters. The number of thiazole rings is 1. The summed E-state index contributed by atoms with van der Waals surface area (Å²) in [4.78, 5) is 27.4. The van der Waals surface area contributed by atoms with E-state index in [0.29, 0.717) is 6.54 Å². The number of aromatic nitrogens is 1. The van der Waals surface area contributed by atoms with Gasteiger partial charge in [0.1, 0.15) is 0 Å². The van der Waals surface area contributed by atoms with Crippen LogP contribution in [-0.4, -0.2) is 40.6 Å². The Hall–Kier alpha value is -1.63. The van der Waals surface area contributed by atoms with E-state index in [0.717, 1.165) is 10.7 Å². The molecule has 6 nitrogen and oxygen atoms in total. The molecule has 0 spiro atoms. The highest BCUT2D eigenvalue weighted by atomic mass is 32.1. The van der Waals surface area contributed by atoms with Crippen LogP contribution in [0.3, 0.4) is 0 Å². The van der Waals surface area contributed by atoms with Gasteiger partial charge in [-0.3, -0.25) is 4.79 Å². The van der Waals surface area contributed by atoms with Crippen molar-refractivity contribution < 1.29 is 14.7 Å². The number of aliphatic carboxylic acids is 1. The zero-order valence-corrected chi connectivity index (χ0v) is 10.6. The highest BCUT2D eigenvalue weighted by Crippen LogP contribution is 2.07. The first kappa shape index (κ1) is 13.4. The molecule has 1 aromatic heterocycles. The van der Waals surface area contributed by atoms with Gasteiger partial charge < -0.3 is 15.3 Å². The fraction of sp³-hybridized carbons (Fsp3) is 0.500. The first-order chi connectivity index (χ1) is 7.99. The van der Waals surface area contributed by atoms with Gasteiger partial charge in [-0.05, 0) is 6.92 Å². The molecule has 0 saturated carbocycles. The van der Waals surface area contributed by atoms with E-state index in [4.69, 9.17) is 5.11 Å². The van der Waals surface area contributed by atoms with Crippen LogP contribution in [0, 0.1) is 6.92 Å². The number of carboxylic acid groups (broad SMARTS) is 1. The summed E-state index contributed by atoms with van der Waals surface area (Å²) in [6.07, 6.45) is -0.0558. The number of amides is 2. The van der Waals surface area contributed by atoms with Gasteiger partial charge in [0.25, 0.3) is 0 Å². The van der Waals surface area contributed by atoms with Gasteiger partial charge in [-0.2, -0.15) is 0 Å². The maximum absolute atomic E-state index is 11.5. The molecule has 2 amide bonds. The Balaban J connectivity index is 2.31. The Labute approximate surface area is 103 Å². The Kier molecular flexibility index (Phi) is 4.89. The molecule has 1 rings (SSSR count). The zero-order valence-electron chi connectivity index (χ0n) is 9.77. The van der Waals surface area contributed by atoms with Crippen molar-refractivity contribution in [2.45, 2.75) is 19.9 Å². The van der Waals surface area contributed by atoms with Gasteiger partial charge in [-0.25, -0.2) is 9.78 Å². The van der Waals surface area contributed by atoms with E-state index in [1.165, 1.54) is 16.2 Å². The summed E-state index contributed by atoms with van der Waals surface area (Å²) in [7, 11) is 1.56. The van der Waals surface area contributed by atoms with Crippen LogP contribution in [-0.2, 0) is 11.3 Å². The molecule has 0 saturated heterocycles. The smallest absolute Gasteiger partial charge is 0.317 e.